The number of esters is 2. The number of carbonyl (C=O) groups is 2. The molecule has 1 aromatic carbocycles. The second-order valence-corrected chi connectivity index (χ2v) is 4.50. The van der Waals surface area contributed by atoms with Gasteiger partial charge >= 0.3 is 11.9 Å². The van der Waals surface area contributed by atoms with Crippen LogP contribution < -0.4 is 9.47 Å². The highest BCUT2D eigenvalue weighted by Crippen LogP contribution is 2.31. The predicted molar refractivity (Wildman–Crippen MR) is 85.3 cm³/mol. The molecule has 6 nitrogen and oxygen atoms in total. The summed E-state index contributed by atoms with van der Waals surface area (Å²) in [4.78, 5) is 22.7. The molecule has 0 unspecified atom stereocenters. The van der Waals surface area contributed by atoms with Crippen molar-refractivity contribution in [2.75, 3.05) is 27.4 Å². The van der Waals surface area contributed by atoms with Gasteiger partial charge in [-0.2, -0.15) is 0 Å². The average Bonchev–Trinajstić information content (AvgIpc) is 2.55. The van der Waals surface area contributed by atoms with E-state index < -0.39 is 11.9 Å². The van der Waals surface area contributed by atoms with Crippen LogP contribution in [0.4, 0.5) is 0 Å². The van der Waals surface area contributed by atoms with Gasteiger partial charge < -0.3 is 18.9 Å². The van der Waals surface area contributed by atoms with Crippen LogP contribution in [0.15, 0.2) is 36.4 Å². The van der Waals surface area contributed by atoms with Crippen LogP contribution in [0.25, 0.3) is 6.08 Å². The quantitative estimate of drug-likeness (QED) is 0.416. The second kappa shape index (κ2) is 9.30. The Morgan fingerprint density at radius 3 is 2.43 bits per heavy atom. The van der Waals surface area contributed by atoms with E-state index in [1.807, 2.05) is 0 Å². The Morgan fingerprint density at radius 1 is 1.13 bits per heavy atom. The molecule has 124 valence electrons. The van der Waals surface area contributed by atoms with E-state index in [0.29, 0.717) is 22.6 Å². The number of benzene rings is 1. The fourth-order valence-corrected chi connectivity index (χ4v) is 1.65. The smallest absolute Gasteiger partial charge is 0.333 e. The van der Waals surface area contributed by atoms with Crippen LogP contribution in [0, 0.1) is 0 Å². The molecule has 23 heavy (non-hydrogen) atoms. The molecule has 1 rings (SSSR count). The van der Waals surface area contributed by atoms with Crippen molar-refractivity contribution in [3.05, 3.63) is 42.0 Å². The van der Waals surface area contributed by atoms with E-state index in [1.165, 1.54) is 20.3 Å². The van der Waals surface area contributed by atoms with E-state index in [1.54, 1.807) is 31.2 Å². The first kappa shape index (κ1) is 18.3. The average molecular weight is 320 g/mol. The number of rotatable bonds is 8. The topological polar surface area (TPSA) is 71.1 Å². The summed E-state index contributed by atoms with van der Waals surface area (Å²) in [6.45, 7) is 4.94. The Labute approximate surface area is 135 Å². The third kappa shape index (κ3) is 5.86. The molecule has 0 fully saturated rings. The van der Waals surface area contributed by atoms with Crippen LogP contribution >= 0.6 is 0 Å². The number of carbonyl (C=O) groups excluding carboxylic acids is 2. The van der Waals surface area contributed by atoms with Crippen molar-refractivity contribution in [3.63, 3.8) is 0 Å². The van der Waals surface area contributed by atoms with E-state index in [-0.39, 0.29) is 13.2 Å². The van der Waals surface area contributed by atoms with Gasteiger partial charge in [0.25, 0.3) is 0 Å². The monoisotopic (exact) mass is 320 g/mol. The van der Waals surface area contributed by atoms with Gasteiger partial charge in [0, 0.05) is 17.2 Å². The molecule has 0 aliphatic rings. The maximum absolute atomic E-state index is 11.6. The summed E-state index contributed by atoms with van der Waals surface area (Å²) in [6.07, 6.45) is 2.82. The molecule has 1 aromatic rings. The maximum Gasteiger partial charge on any atom is 0.333 e. The van der Waals surface area contributed by atoms with Gasteiger partial charge in [0.1, 0.15) is 13.2 Å². The van der Waals surface area contributed by atoms with Gasteiger partial charge in [-0.1, -0.05) is 18.7 Å². The van der Waals surface area contributed by atoms with Crippen molar-refractivity contribution in [2.45, 2.75) is 6.92 Å². The molecule has 6 heteroatoms. The summed E-state index contributed by atoms with van der Waals surface area (Å²) in [5.41, 5.74) is 0.971. The van der Waals surface area contributed by atoms with E-state index in [0.717, 1.165) is 0 Å². The molecule has 0 saturated carbocycles. The predicted octanol–water partition coefficient (Wildman–Crippen LogP) is 2.38. The Kier molecular flexibility index (Phi) is 7.39. The summed E-state index contributed by atoms with van der Waals surface area (Å²) in [5.74, 6) is 0.0168. The van der Waals surface area contributed by atoms with Crippen LogP contribution in [-0.4, -0.2) is 39.4 Å². The zero-order chi connectivity index (χ0) is 17.2. The SMILES string of the molecule is C=C(C)C(=O)OCCOC(=O)/C=C/c1cccc(OC)c1OC. The summed E-state index contributed by atoms with van der Waals surface area (Å²) < 4.78 is 20.2. The van der Waals surface area contributed by atoms with Gasteiger partial charge in [-0.25, -0.2) is 9.59 Å². The van der Waals surface area contributed by atoms with Crippen molar-refractivity contribution in [2.24, 2.45) is 0 Å². The van der Waals surface area contributed by atoms with Crippen LogP contribution in [0.1, 0.15) is 12.5 Å². The Balaban J connectivity index is 2.53. The third-order valence-electron chi connectivity index (χ3n) is 2.74. The van der Waals surface area contributed by atoms with Gasteiger partial charge in [0.2, 0.25) is 0 Å². The van der Waals surface area contributed by atoms with E-state index in [9.17, 15) is 9.59 Å². The van der Waals surface area contributed by atoms with E-state index in [4.69, 9.17) is 18.9 Å². The summed E-state index contributed by atoms with van der Waals surface area (Å²) in [6, 6.07) is 5.31. The lowest BCUT2D eigenvalue weighted by atomic mass is 10.1. The molecule has 0 radical (unpaired) electrons. The minimum atomic E-state index is -0.554. The minimum Gasteiger partial charge on any atom is -0.493 e. The zero-order valence-corrected chi connectivity index (χ0v) is 13.5. The van der Waals surface area contributed by atoms with Gasteiger partial charge in [0.05, 0.1) is 14.2 Å². The molecule has 0 heterocycles. The highest BCUT2D eigenvalue weighted by atomic mass is 16.6. The zero-order valence-electron chi connectivity index (χ0n) is 13.5. The number of para-hydroxylation sites is 1. The summed E-state index contributed by atoms with van der Waals surface area (Å²) in [7, 11) is 3.05. The van der Waals surface area contributed by atoms with Crippen molar-refractivity contribution in [3.8, 4) is 11.5 Å². The molecule has 0 aliphatic heterocycles. The molecule has 0 saturated heterocycles. The van der Waals surface area contributed by atoms with Gasteiger partial charge in [-0.15, -0.1) is 0 Å². The minimum absolute atomic E-state index is 0.0201. The molecule has 0 aliphatic carbocycles. The first-order valence-corrected chi connectivity index (χ1v) is 6.88. The highest BCUT2D eigenvalue weighted by molar-refractivity contribution is 5.88. The fraction of sp³-hybridized carbons (Fsp3) is 0.294. The second-order valence-electron chi connectivity index (χ2n) is 4.50. The largest absolute Gasteiger partial charge is 0.493 e. The van der Waals surface area contributed by atoms with Gasteiger partial charge in [-0.05, 0) is 19.1 Å². The first-order valence-electron chi connectivity index (χ1n) is 6.88. The van der Waals surface area contributed by atoms with E-state index in [2.05, 4.69) is 6.58 Å². The maximum atomic E-state index is 11.6. The van der Waals surface area contributed by atoms with Crippen molar-refractivity contribution in [1.82, 2.24) is 0 Å². The van der Waals surface area contributed by atoms with Crippen LogP contribution in [0.3, 0.4) is 0 Å². The van der Waals surface area contributed by atoms with Crippen molar-refractivity contribution >= 4 is 18.0 Å². The first-order chi connectivity index (χ1) is 11.0. The lowest BCUT2D eigenvalue weighted by Gasteiger charge is -2.09. The number of hydrogen-bond acceptors (Lipinski definition) is 6. The van der Waals surface area contributed by atoms with Crippen molar-refractivity contribution in [1.29, 1.82) is 0 Å². The van der Waals surface area contributed by atoms with Crippen molar-refractivity contribution < 1.29 is 28.5 Å². The normalized spacial score (nSPS) is 10.2. The molecule has 0 bridgehead atoms. The van der Waals surface area contributed by atoms with Crippen LogP contribution in [-0.2, 0) is 19.1 Å². The Morgan fingerprint density at radius 2 is 1.83 bits per heavy atom. The molecule has 0 atom stereocenters. The number of ether oxygens (including phenoxy) is 4. The third-order valence-corrected chi connectivity index (χ3v) is 2.74. The molecular formula is C17H20O6. The van der Waals surface area contributed by atoms with Crippen LogP contribution in [0.2, 0.25) is 0 Å². The lowest BCUT2D eigenvalue weighted by molar-refractivity contribution is -0.146. The molecule has 0 spiro atoms. The molecule has 0 aromatic heterocycles. The van der Waals surface area contributed by atoms with Crippen LogP contribution in [0.5, 0.6) is 11.5 Å². The molecule has 0 amide bonds. The summed E-state index contributed by atoms with van der Waals surface area (Å²) in [5, 5.41) is 0. The fourth-order valence-electron chi connectivity index (χ4n) is 1.65. The summed E-state index contributed by atoms with van der Waals surface area (Å²) >= 11 is 0. The van der Waals surface area contributed by atoms with Gasteiger partial charge in [-0.3, -0.25) is 0 Å². The Bertz CT molecular complexity index is 603. The number of methoxy groups -OCH3 is 2. The lowest BCUT2D eigenvalue weighted by Crippen LogP contribution is -2.13. The van der Waals surface area contributed by atoms with Gasteiger partial charge in [0.15, 0.2) is 11.5 Å². The molecule has 0 N–H and O–H groups in total. The highest BCUT2D eigenvalue weighted by Gasteiger charge is 2.08. The molecular weight excluding hydrogens is 300 g/mol. The number of hydrogen-bond donors (Lipinski definition) is 0. The standard InChI is InChI=1S/C17H20O6/c1-12(2)17(19)23-11-10-22-15(18)9-8-13-6-5-7-14(20-3)16(13)21-4/h5-9H,1,10-11H2,2-4H3/b9-8+. The Hall–Kier alpha value is -2.76. The van der Waals surface area contributed by atoms with E-state index >= 15 is 0 Å².